The van der Waals surface area contributed by atoms with Crippen LogP contribution in [0.3, 0.4) is 0 Å². The number of halogens is 1. The van der Waals surface area contributed by atoms with E-state index < -0.39 is 12.0 Å². The van der Waals surface area contributed by atoms with E-state index in [2.05, 4.69) is 25.6 Å². The highest BCUT2D eigenvalue weighted by atomic mass is 19.1. The third-order valence-electron chi connectivity index (χ3n) is 5.39. The molecule has 1 saturated heterocycles. The van der Waals surface area contributed by atoms with Gasteiger partial charge in [-0.05, 0) is 38.4 Å². The first-order valence-corrected chi connectivity index (χ1v) is 10.3. The van der Waals surface area contributed by atoms with Crippen molar-refractivity contribution in [1.29, 1.82) is 0 Å². The topological polar surface area (TPSA) is 96.6 Å². The Morgan fingerprint density at radius 2 is 2.10 bits per heavy atom. The number of hydrogen-bond acceptors (Lipinski definition) is 7. The number of aliphatic hydroxyl groups is 1. The van der Waals surface area contributed by atoms with E-state index in [1.165, 1.54) is 6.07 Å². The van der Waals surface area contributed by atoms with Crippen LogP contribution in [-0.2, 0) is 0 Å². The van der Waals surface area contributed by atoms with Gasteiger partial charge >= 0.3 is 0 Å². The monoisotopic (exact) mass is 422 g/mol. The Hall–Kier alpha value is -3.30. The van der Waals surface area contributed by atoms with E-state index in [0.717, 1.165) is 25.9 Å². The standard InChI is InChI=1S/C22H23FN6O2/c1-13-11-29-12-14(9-17(23)21(29)27-13)28-22(30)16-4-5-18(20-19(16)25-7-8-26-20)31-15-3-2-6-24-10-15/h4-5,7-9,11-12,15,22,24,28,30H,2-3,6,10H2,1H3. The minimum absolute atomic E-state index is 0.0706. The number of aryl methyl sites for hydroxylation is 1. The molecule has 2 atom stereocenters. The summed E-state index contributed by atoms with van der Waals surface area (Å²) in [5.74, 6) is 0.161. The predicted octanol–water partition coefficient (Wildman–Crippen LogP) is 2.96. The molecule has 2 unspecified atom stereocenters. The Balaban J connectivity index is 1.45. The maximum absolute atomic E-state index is 14.4. The molecule has 1 aliphatic heterocycles. The highest BCUT2D eigenvalue weighted by Crippen LogP contribution is 2.31. The molecular weight excluding hydrogens is 399 g/mol. The summed E-state index contributed by atoms with van der Waals surface area (Å²) in [7, 11) is 0. The molecule has 3 N–H and O–H groups in total. The summed E-state index contributed by atoms with van der Waals surface area (Å²) in [5, 5.41) is 17.1. The Bertz CT molecular complexity index is 1240. The van der Waals surface area contributed by atoms with Crippen molar-refractivity contribution < 1.29 is 14.2 Å². The first kappa shape index (κ1) is 19.7. The number of piperidine rings is 1. The summed E-state index contributed by atoms with van der Waals surface area (Å²) in [6.07, 6.45) is 7.57. The number of fused-ring (bicyclic) bond motifs is 2. The van der Waals surface area contributed by atoms with E-state index in [0.29, 0.717) is 33.7 Å². The van der Waals surface area contributed by atoms with Gasteiger partial charge in [0.25, 0.3) is 0 Å². The number of pyridine rings is 1. The largest absolute Gasteiger partial charge is 0.487 e. The third kappa shape index (κ3) is 3.89. The maximum atomic E-state index is 14.4. The lowest BCUT2D eigenvalue weighted by Gasteiger charge is -2.25. The van der Waals surface area contributed by atoms with Gasteiger partial charge < -0.3 is 24.9 Å². The van der Waals surface area contributed by atoms with E-state index in [4.69, 9.17) is 4.74 Å². The summed E-state index contributed by atoms with van der Waals surface area (Å²) in [6.45, 7) is 3.59. The Kier molecular flexibility index (Phi) is 5.13. The Morgan fingerprint density at radius 1 is 1.26 bits per heavy atom. The molecule has 0 aliphatic carbocycles. The second-order valence-corrected chi connectivity index (χ2v) is 7.73. The van der Waals surface area contributed by atoms with Gasteiger partial charge in [0, 0.05) is 43.0 Å². The van der Waals surface area contributed by atoms with Gasteiger partial charge in [0.1, 0.15) is 22.9 Å². The average Bonchev–Trinajstić information content (AvgIpc) is 3.15. The molecule has 0 amide bonds. The van der Waals surface area contributed by atoms with Gasteiger partial charge in [-0.25, -0.2) is 14.4 Å². The SMILES string of the molecule is Cc1cn2cc(NC(O)c3ccc(OC4CCCNC4)c4nccnc34)cc(F)c2n1. The number of aromatic nitrogens is 4. The fourth-order valence-corrected chi connectivity index (χ4v) is 3.96. The van der Waals surface area contributed by atoms with Gasteiger partial charge in [0.2, 0.25) is 0 Å². The van der Waals surface area contributed by atoms with Crippen LogP contribution in [0.25, 0.3) is 16.7 Å². The Morgan fingerprint density at radius 3 is 2.90 bits per heavy atom. The van der Waals surface area contributed by atoms with Crippen molar-refractivity contribution in [3.63, 3.8) is 0 Å². The van der Waals surface area contributed by atoms with Gasteiger partial charge in [-0.1, -0.05) is 0 Å². The predicted molar refractivity (Wildman–Crippen MR) is 115 cm³/mol. The van der Waals surface area contributed by atoms with Crippen LogP contribution < -0.4 is 15.4 Å². The number of ether oxygens (including phenoxy) is 1. The smallest absolute Gasteiger partial charge is 0.173 e. The van der Waals surface area contributed by atoms with E-state index in [-0.39, 0.29) is 11.8 Å². The summed E-state index contributed by atoms with van der Waals surface area (Å²) in [4.78, 5) is 13.0. The van der Waals surface area contributed by atoms with Crippen molar-refractivity contribution in [2.75, 3.05) is 18.4 Å². The van der Waals surface area contributed by atoms with Crippen LogP contribution in [-0.4, -0.2) is 43.7 Å². The molecule has 0 spiro atoms. The number of aliphatic hydroxyl groups excluding tert-OH is 1. The van der Waals surface area contributed by atoms with Crippen LogP contribution in [0.4, 0.5) is 10.1 Å². The summed E-state index contributed by atoms with van der Waals surface area (Å²) in [5.41, 5.74) is 3.01. The highest BCUT2D eigenvalue weighted by Gasteiger charge is 2.20. The maximum Gasteiger partial charge on any atom is 0.173 e. The number of nitrogens with one attached hydrogen (secondary N) is 2. The van der Waals surface area contributed by atoms with Crippen molar-refractivity contribution in [3.05, 3.63) is 60.1 Å². The number of rotatable bonds is 5. The van der Waals surface area contributed by atoms with E-state index >= 15 is 0 Å². The lowest BCUT2D eigenvalue weighted by Crippen LogP contribution is -2.37. The summed E-state index contributed by atoms with van der Waals surface area (Å²) >= 11 is 0. The highest BCUT2D eigenvalue weighted by molar-refractivity contribution is 5.84. The second-order valence-electron chi connectivity index (χ2n) is 7.73. The zero-order valence-electron chi connectivity index (χ0n) is 17.0. The number of benzene rings is 1. The van der Waals surface area contributed by atoms with E-state index in [1.807, 2.05) is 0 Å². The minimum Gasteiger partial charge on any atom is -0.487 e. The summed E-state index contributed by atoms with van der Waals surface area (Å²) in [6, 6.07) is 4.87. The minimum atomic E-state index is -1.12. The molecule has 9 heteroatoms. The van der Waals surface area contributed by atoms with Gasteiger partial charge in [-0.3, -0.25) is 4.98 Å². The lowest BCUT2D eigenvalue weighted by atomic mass is 10.1. The van der Waals surface area contributed by atoms with Gasteiger partial charge in [-0.15, -0.1) is 0 Å². The average molecular weight is 422 g/mol. The molecule has 1 fully saturated rings. The molecule has 31 heavy (non-hydrogen) atoms. The van der Waals surface area contributed by atoms with Crippen LogP contribution in [0.15, 0.2) is 43.0 Å². The molecular formula is C22H23FN6O2. The zero-order valence-corrected chi connectivity index (χ0v) is 17.0. The number of anilines is 1. The fourth-order valence-electron chi connectivity index (χ4n) is 3.96. The van der Waals surface area contributed by atoms with Crippen LogP contribution >= 0.6 is 0 Å². The fraction of sp³-hybridized carbons (Fsp3) is 0.318. The molecule has 0 saturated carbocycles. The van der Waals surface area contributed by atoms with E-state index in [1.54, 1.807) is 48.2 Å². The number of nitrogens with zero attached hydrogens (tertiary/aromatic N) is 4. The zero-order chi connectivity index (χ0) is 21.4. The number of hydrogen-bond donors (Lipinski definition) is 3. The summed E-state index contributed by atoms with van der Waals surface area (Å²) < 4.78 is 22.1. The molecule has 5 rings (SSSR count). The lowest BCUT2D eigenvalue weighted by molar-refractivity contribution is 0.168. The van der Waals surface area contributed by atoms with Crippen LogP contribution in [0.1, 0.15) is 30.3 Å². The molecule has 1 aromatic carbocycles. The normalized spacial score (nSPS) is 17.7. The molecule has 0 bridgehead atoms. The van der Waals surface area contributed by atoms with Crippen LogP contribution in [0.2, 0.25) is 0 Å². The van der Waals surface area contributed by atoms with Crippen molar-refractivity contribution in [2.24, 2.45) is 0 Å². The Labute approximate surface area is 178 Å². The van der Waals surface area contributed by atoms with E-state index in [9.17, 15) is 9.50 Å². The van der Waals surface area contributed by atoms with Gasteiger partial charge in [-0.2, -0.15) is 0 Å². The van der Waals surface area contributed by atoms with Crippen molar-refractivity contribution >= 4 is 22.4 Å². The molecule has 1 aliphatic rings. The molecule has 4 heterocycles. The molecule has 160 valence electrons. The van der Waals surface area contributed by atoms with Crippen molar-refractivity contribution in [3.8, 4) is 5.75 Å². The van der Waals surface area contributed by atoms with Crippen molar-refractivity contribution in [1.82, 2.24) is 24.7 Å². The first-order chi connectivity index (χ1) is 15.1. The molecule has 8 nitrogen and oxygen atoms in total. The number of imidazole rings is 1. The second kappa shape index (κ2) is 8.09. The van der Waals surface area contributed by atoms with Crippen molar-refractivity contribution in [2.45, 2.75) is 32.1 Å². The quantitative estimate of drug-likeness (QED) is 0.426. The third-order valence-corrected chi connectivity index (χ3v) is 5.39. The van der Waals surface area contributed by atoms with Gasteiger partial charge in [0.05, 0.1) is 11.4 Å². The van der Waals surface area contributed by atoms with Gasteiger partial charge in [0.15, 0.2) is 17.7 Å². The van der Waals surface area contributed by atoms with Crippen LogP contribution in [0, 0.1) is 12.7 Å². The first-order valence-electron chi connectivity index (χ1n) is 10.3. The molecule has 4 aromatic rings. The van der Waals surface area contributed by atoms with Crippen LogP contribution in [0.5, 0.6) is 5.75 Å². The molecule has 0 radical (unpaired) electrons. The molecule has 3 aromatic heterocycles.